The van der Waals surface area contributed by atoms with E-state index in [9.17, 15) is 4.79 Å². The van der Waals surface area contributed by atoms with E-state index in [0.717, 1.165) is 18.7 Å². The minimum Gasteiger partial charge on any atom is -0.463 e. The number of benzene rings is 1. The van der Waals surface area contributed by atoms with Crippen molar-refractivity contribution in [1.29, 1.82) is 0 Å². The third-order valence-electron chi connectivity index (χ3n) is 2.72. The molecule has 3 heteroatoms. The second-order valence-electron chi connectivity index (χ2n) is 3.85. The van der Waals surface area contributed by atoms with Gasteiger partial charge in [0.05, 0.1) is 6.61 Å². The Morgan fingerprint density at radius 2 is 1.78 bits per heavy atom. The van der Waals surface area contributed by atoms with Gasteiger partial charge in [0.2, 0.25) is 0 Å². The summed E-state index contributed by atoms with van der Waals surface area (Å²) in [7, 11) is 0. The Bertz CT molecular complexity index is 391. The third-order valence-corrected chi connectivity index (χ3v) is 2.72. The molecule has 1 aromatic rings. The molecule has 0 unspecified atom stereocenters. The lowest BCUT2D eigenvalue weighted by atomic mass is 10.2. The van der Waals surface area contributed by atoms with Crippen molar-refractivity contribution in [2.45, 2.75) is 20.8 Å². The Labute approximate surface area is 109 Å². The zero-order valence-electron chi connectivity index (χ0n) is 11.3. The molecule has 0 spiro atoms. The fourth-order valence-electron chi connectivity index (χ4n) is 1.74. The smallest absolute Gasteiger partial charge is 0.330 e. The molecule has 0 radical (unpaired) electrons. The lowest BCUT2D eigenvalue weighted by Gasteiger charge is -2.20. The van der Waals surface area contributed by atoms with Gasteiger partial charge in [0.1, 0.15) is 0 Å². The standard InChI is InChI=1S/C15H21NO2/c1-4-16(5-2)14-10-7-13(8-11-14)9-12-15(17)18-6-3/h7-12H,4-6H2,1-3H3. The second kappa shape index (κ2) is 7.54. The van der Waals surface area contributed by atoms with E-state index in [1.54, 1.807) is 13.0 Å². The first kappa shape index (κ1) is 14.3. The minimum absolute atomic E-state index is 0.301. The van der Waals surface area contributed by atoms with Crippen LogP contribution in [0.15, 0.2) is 30.3 Å². The number of carbonyl (C=O) groups excluding carboxylic acids is 1. The van der Waals surface area contributed by atoms with Crippen LogP contribution >= 0.6 is 0 Å². The topological polar surface area (TPSA) is 29.5 Å². The molecule has 0 atom stereocenters. The highest BCUT2D eigenvalue weighted by Crippen LogP contribution is 2.15. The first-order valence-electron chi connectivity index (χ1n) is 6.41. The summed E-state index contributed by atoms with van der Waals surface area (Å²) in [5.74, 6) is -0.301. The number of esters is 1. The van der Waals surface area contributed by atoms with E-state index in [1.807, 2.05) is 12.1 Å². The molecule has 98 valence electrons. The fourth-order valence-corrected chi connectivity index (χ4v) is 1.74. The van der Waals surface area contributed by atoms with Gasteiger partial charge in [-0.2, -0.15) is 0 Å². The van der Waals surface area contributed by atoms with Crippen molar-refractivity contribution in [2.24, 2.45) is 0 Å². The van der Waals surface area contributed by atoms with Crippen molar-refractivity contribution < 1.29 is 9.53 Å². The molecule has 0 aliphatic heterocycles. The minimum atomic E-state index is -0.301. The quantitative estimate of drug-likeness (QED) is 0.571. The number of hydrogen-bond donors (Lipinski definition) is 0. The van der Waals surface area contributed by atoms with E-state index < -0.39 is 0 Å². The van der Waals surface area contributed by atoms with Gasteiger partial charge in [-0.15, -0.1) is 0 Å². The van der Waals surface area contributed by atoms with E-state index in [4.69, 9.17) is 4.74 Å². The van der Waals surface area contributed by atoms with Crippen LogP contribution in [0.5, 0.6) is 0 Å². The van der Waals surface area contributed by atoms with E-state index in [1.165, 1.54) is 11.8 Å². The van der Waals surface area contributed by atoms with Crippen LogP contribution in [0.1, 0.15) is 26.3 Å². The van der Waals surface area contributed by atoms with Crippen molar-refractivity contribution in [3.05, 3.63) is 35.9 Å². The Hall–Kier alpha value is -1.77. The number of rotatable bonds is 6. The molecule has 0 saturated carbocycles. The van der Waals surface area contributed by atoms with Crippen molar-refractivity contribution in [1.82, 2.24) is 0 Å². The van der Waals surface area contributed by atoms with Gasteiger partial charge in [-0.1, -0.05) is 12.1 Å². The summed E-state index contributed by atoms with van der Waals surface area (Å²) in [4.78, 5) is 13.4. The molecule has 0 aliphatic rings. The molecule has 0 fully saturated rings. The average molecular weight is 247 g/mol. The third kappa shape index (κ3) is 4.24. The van der Waals surface area contributed by atoms with Crippen LogP contribution in [0.4, 0.5) is 5.69 Å². The van der Waals surface area contributed by atoms with E-state index >= 15 is 0 Å². The summed E-state index contributed by atoms with van der Waals surface area (Å²) in [6, 6.07) is 8.14. The normalized spacial score (nSPS) is 10.6. The van der Waals surface area contributed by atoms with E-state index in [2.05, 4.69) is 30.9 Å². The molecular weight excluding hydrogens is 226 g/mol. The largest absolute Gasteiger partial charge is 0.463 e. The van der Waals surface area contributed by atoms with Crippen LogP contribution in [-0.2, 0) is 9.53 Å². The molecule has 0 N–H and O–H groups in total. The van der Waals surface area contributed by atoms with Gasteiger partial charge in [0.25, 0.3) is 0 Å². The lowest BCUT2D eigenvalue weighted by Crippen LogP contribution is -2.21. The van der Waals surface area contributed by atoms with Gasteiger partial charge in [-0.25, -0.2) is 4.79 Å². The average Bonchev–Trinajstić information content (AvgIpc) is 2.39. The maximum Gasteiger partial charge on any atom is 0.330 e. The summed E-state index contributed by atoms with van der Waals surface area (Å²) in [6.07, 6.45) is 3.22. The van der Waals surface area contributed by atoms with Gasteiger partial charge < -0.3 is 9.64 Å². The van der Waals surface area contributed by atoms with Gasteiger partial charge in [0.15, 0.2) is 0 Å². The molecule has 0 aliphatic carbocycles. The first-order valence-corrected chi connectivity index (χ1v) is 6.41. The second-order valence-corrected chi connectivity index (χ2v) is 3.85. The Kier molecular flexibility index (Phi) is 5.98. The zero-order valence-corrected chi connectivity index (χ0v) is 11.3. The molecule has 1 rings (SSSR count). The molecule has 1 aromatic carbocycles. The van der Waals surface area contributed by atoms with Crippen molar-refractivity contribution >= 4 is 17.7 Å². The maximum absolute atomic E-state index is 11.2. The number of nitrogens with zero attached hydrogens (tertiary/aromatic N) is 1. The lowest BCUT2D eigenvalue weighted by molar-refractivity contribution is -0.137. The Morgan fingerprint density at radius 1 is 1.17 bits per heavy atom. The summed E-state index contributed by atoms with van der Waals surface area (Å²) < 4.78 is 4.83. The highest BCUT2D eigenvalue weighted by molar-refractivity contribution is 5.87. The molecule has 0 bridgehead atoms. The zero-order chi connectivity index (χ0) is 13.4. The van der Waals surface area contributed by atoms with Crippen LogP contribution in [0, 0.1) is 0 Å². The van der Waals surface area contributed by atoms with Crippen LogP contribution < -0.4 is 4.90 Å². The molecule has 18 heavy (non-hydrogen) atoms. The van der Waals surface area contributed by atoms with Gasteiger partial charge in [-0.3, -0.25) is 0 Å². The Balaban J connectivity index is 2.68. The van der Waals surface area contributed by atoms with Crippen LogP contribution in [0.3, 0.4) is 0 Å². The predicted molar refractivity (Wildman–Crippen MR) is 75.7 cm³/mol. The van der Waals surface area contributed by atoms with Crippen LogP contribution in [0.2, 0.25) is 0 Å². The maximum atomic E-state index is 11.2. The molecule has 0 aromatic heterocycles. The van der Waals surface area contributed by atoms with E-state index in [-0.39, 0.29) is 5.97 Å². The van der Waals surface area contributed by atoms with Gasteiger partial charge in [0, 0.05) is 24.9 Å². The monoisotopic (exact) mass is 247 g/mol. The Morgan fingerprint density at radius 3 is 2.28 bits per heavy atom. The number of ether oxygens (including phenoxy) is 1. The molecule has 3 nitrogen and oxygen atoms in total. The number of hydrogen-bond acceptors (Lipinski definition) is 3. The van der Waals surface area contributed by atoms with Crippen molar-refractivity contribution in [2.75, 3.05) is 24.6 Å². The molecule has 0 amide bonds. The fraction of sp³-hybridized carbons (Fsp3) is 0.400. The highest BCUT2D eigenvalue weighted by atomic mass is 16.5. The van der Waals surface area contributed by atoms with E-state index in [0.29, 0.717) is 6.61 Å². The van der Waals surface area contributed by atoms with Crippen molar-refractivity contribution in [3.8, 4) is 0 Å². The SMILES string of the molecule is CCOC(=O)C=Cc1ccc(N(CC)CC)cc1. The van der Waals surface area contributed by atoms with Crippen LogP contribution in [-0.4, -0.2) is 25.7 Å². The molecule has 0 saturated heterocycles. The summed E-state index contributed by atoms with van der Waals surface area (Å²) >= 11 is 0. The first-order chi connectivity index (χ1) is 8.71. The van der Waals surface area contributed by atoms with Crippen molar-refractivity contribution in [3.63, 3.8) is 0 Å². The summed E-state index contributed by atoms with van der Waals surface area (Å²) in [6.45, 7) is 8.47. The van der Waals surface area contributed by atoms with Crippen LogP contribution in [0.25, 0.3) is 6.08 Å². The number of anilines is 1. The molecule has 0 heterocycles. The summed E-state index contributed by atoms with van der Waals surface area (Å²) in [5, 5.41) is 0. The van der Waals surface area contributed by atoms with Gasteiger partial charge in [-0.05, 0) is 44.5 Å². The highest BCUT2D eigenvalue weighted by Gasteiger charge is 2.00. The predicted octanol–water partition coefficient (Wildman–Crippen LogP) is 3.11. The number of carbonyl (C=O) groups is 1. The molecular formula is C15H21NO2. The summed E-state index contributed by atoms with van der Waals surface area (Å²) in [5.41, 5.74) is 2.20. The van der Waals surface area contributed by atoms with Gasteiger partial charge >= 0.3 is 5.97 Å².